The zero-order valence-electron chi connectivity index (χ0n) is 12.0. The minimum atomic E-state index is -0.124. The first-order chi connectivity index (χ1) is 10.0. The maximum atomic E-state index is 12.6. The molecular formula is C16H17BrN2O2. The minimum Gasteiger partial charge on any atom is -0.508 e. The van der Waals surface area contributed by atoms with Crippen LogP contribution in [0.15, 0.2) is 47.2 Å². The summed E-state index contributed by atoms with van der Waals surface area (Å²) in [6, 6.07) is 10.3. The van der Waals surface area contributed by atoms with Crippen LogP contribution in [0.25, 0.3) is 0 Å². The van der Waals surface area contributed by atoms with E-state index in [0.717, 1.165) is 5.56 Å². The van der Waals surface area contributed by atoms with Gasteiger partial charge in [0.15, 0.2) is 0 Å². The SMILES string of the molecule is CCN(C(=O)c1ccnc(Br)c1)C(C)c1cccc(O)c1. The van der Waals surface area contributed by atoms with Gasteiger partial charge in [-0.2, -0.15) is 0 Å². The molecule has 0 fully saturated rings. The second kappa shape index (κ2) is 6.72. The summed E-state index contributed by atoms with van der Waals surface area (Å²) < 4.78 is 0.634. The van der Waals surface area contributed by atoms with Crippen LogP contribution in [0.5, 0.6) is 5.75 Å². The molecule has 5 heteroatoms. The molecule has 1 aromatic heterocycles. The third kappa shape index (κ3) is 3.61. The highest BCUT2D eigenvalue weighted by molar-refractivity contribution is 9.10. The molecule has 110 valence electrons. The number of nitrogens with zero attached hydrogens (tertiary/aromatic N) is 2. The summed E-state index contributed by atoms with van der Waals surface area (Å²) in [5, 5.41) is 9.59. The minimum absolute atomic E-state index is 0.0588. The number of halogens is 1. The molecule has 1 atom stereocenters. The van der Waals surface area contributed by atoms with Gasteiger partial charge in [-0.25, -0.2) is 4.98 Å². The van der Waals surface area contributed by atoms with Crippen molar-refractivity contribution in [2.75, 3.05) is 6.54 Å². The van der Waals surface area contributed by atoms with Crippen LogP contribution in [0.4, 0.5) is 0 Å². The zero-order valence-corrected chi connectivity index (χ0v) is 13.5. The highest BCUT2D eigenvalue weighted by Gasteiger charge is 2.21. The van der Waals surface area contributed by atoms with Gasteiger partial charge >= 0.3 is 0 Å². The molecule has 1 heterocycles. The van der Waals surface area contributed by atoms with Crippen molar-refractivity contribution in [3.8, 4) is 5.75 Å². The lowest BCUT2D eigenvalue weighted by molar-refractivity contribution is 0.0702. The highest BCUT2D eigenvalue weighted by atomic mass is 79.9. The van der Waals surface area contributed by atoms with Gasteiger partial charge in [0.2, 0.25) is 0 Å². The lowest BCUT2D eigenvalue weighted by Crippen LogP contribution is -2.33. The molecule has 1 aromatic carbocycles. The van der Waals surface area contributed by atoms with Crippen LogP contribution in [0.1, 0.15) is 35.8 Å². The number of aromatic hydroxyl groups is 1. The number of pyridine rings is 1. The van der Waals surface area contributed by atoms with E-state index >= 15 is 0 Å². The second-order valence-corrected chi connectivity index (χ2v) is 5.54. The standard InChI is InChI=1S/C16H17BrN2O2/c1-3-19(11(2)12-5-4-6-14(20)9-12)16(21)13-7-8-18-15(17)10-13/h4-11,20H,3H2,1-2H3. The van der Waals surface area contributed by atoms with Crippen LogP contribution in [-0.4, -0.2) is 27.4 Å². The van der Waals surface area contributed by atoms with Crippen LogP contribution in [0, 0.1) is 0 Å². The summed E-state index contributed by atoms with van der Waals surface area (Å²) in [6.45, 7) is 4.47. The summed E-state index contributed by atoms with van der Waals surface area (Å²) in [5.74, 6) is 0.144. The Bertz CT molecular complexity index is 646. The smallest absolute Gasteiger partial charge is 0.254 e. The first-order valence-corrected chi connectivity index (χ1v) is 7.53. The van der Waals surface area contributed by atoms with E-state index in [4.69, 9.17) is 0 Å². The van der Waals surface area contributed by atoms with Gasteiger partial charge in [-0.05, 0) is 59.6 Å². The van der Waals surface area contributed by atoms with E-state index < -0.39 is 0 Å². The first kappa shape index (κ1) is 15.5. The molecule has 0 saturated carbocycles. The number of carbonyl (C=O) groups is 1. The van der Waals surface area contributed by atoms with Gasteiger partial charge in [0.1, 0.15) is 10.4 Å². The summed E-state index contributed by atoms with van der Waals surface area (Å²) >= 11 is 3.28. The Kier molecular flexibility index (Phi) is 4.96. The number of phenols is 1. The number of rotatable bonds is 4. The second-order valence-electron chi connectivity index (χ2n) is 4.73. The van der Waals surface area contributed by atoms with E-state index in [1.165, 1.54) is 0 Å². The molecule has 0 spiro atoms. The van der Waals surface area contributed by atoms with E-state index in [2.05, 4.69) is 20.9 Å². The van der Waals surface area contributed by atoms with Crippen molar-refractivity contribution in [2.24, 2.45) is 0 Å². The van der Waals surface area contributed by atoms with Gasteiger partial charge in [0.05, 0.1) is 6.04 Å². The fourth-order valence-electron chi connectivity index (χ4n) is 2.26. The number of amides is 1. The zero-order chi connectivity index (χ0) is 15.4. The van der Waals surface area contributed by atoms with Crippen molar-refractivity contribution < 1.29 is 9.90 Å². The van der Waals surface area contributed by atoms with E-state index in [0.29, 0.717) is 16.7 Å². The van der Waals surface area contributed by atoms with Crippen LogP contribution >= 0.6 is 15.9 Å². The molecule has 0 aliphatic heterocycles. The Balaban J connectivity index is 2.28. The van der Waals surface area contributed by atoms with Crippen molar-refractivity contribution in [1.82, 2.24) is 9.88 Å². The molecule has 2 rings (SSSR count). The summed E-state index contributed by atoms with van der Waals surface area (Å²) in [4.78, 5) is 18.4. The molecule has 0 aliphatic carbocycles. The Morgan fingerprint density at radius 3 is 2.76 bits per heavy atom. The third-order valence-electron chi connectivity index (χ3n) is 3.40. The Morgan fingerprint density at radius 1 is 1.38 bits per heavy atom. The molecule has 1 N–H and O–H groups in total. The van der Waals surface area contributed by atoms with E-state index in [9.17, 15) is 9.90 Å². The average Bonchev–Trinajstić information content (AvgIpc) is 2.47. The number of hydrogen-bond donors (Lipinski definition) is 1. The van der Waals surface area contributed by atoms with Crippen molar-refractivity contribution >= 4 is 21.8 Å². The third-order valence-corrected chi connectivity index (χ3v) is 3.83. The Morgan fingerprint density at radius 2 is 2.14 bits per heavy atom. The summed E-state index contributed by atoms with van der Waals surface area (Å²) in [7, 11) is 0. The van der Waals surface area contributed by atoms with Gasteiger partial charge in [0, 0.05) is 18.3 Å². The summed E-state index contributed by atoms with van der Waals surface area (Å²) in [5.41, 5.74) is 1.49. The highest BCUT2D eigenvalue weighted by Crippen LogP contribution is 2.25. The lowest BCUT2D eigenvalue weighted by Gasteiger charge is -2.28. The van der Waals surface area contributed by atoms with E-state index in [1.807, 2.05) is 19.9 Å². The number of benzene rings is 1. The van der Waals surface area contributed by atoms with Crippen LogP contribution in [0.3, 0.4) is 0 Å². The van der Waals surface area contributed by atoms with E-state index in [-0.39, 0.29) is 17.7 Å². The fraction of sp³-hybridized carbons (Fsp3) is 0.250. The van der Waals surface area contributed by atoms with Crippen LogP contribution in [-0.2, 0) is 0 Å². The molecule has 4 nitrogen and oxygen atoms in total. The predicted molar refractivity (Wildman–Crippen MR) is 85.2 cm³/mol. The Hall–Kier alpha value is -1.88. The lowest BCUT2D eigenvalue weighted by atomic mass is 10.1. The van der Waals surface area contributed by atoms with Crippen molar-refractivity contribution in [3.63, 3.8) is 0 Å². The van der Waals surface area contributed by atoms with Crippen molar-refractivity contribution in [3.05, 3.63) is 58.3 Å². The summed E-state index contributed by atoms with van der Waals surface area (Å²) in [6.07, 6.45) is 1.60. The van der Waals surface area contributed by atoms with Gasteiger partial charge in [-0.3, -0.25) is 4.79 Å². The van der Waals surface area contributed by atoms with Crippen molar-refractivity contribution in [1.29, 1.82) is 0 Å². The van der Waals surface area contributed by atoms with Gasteiger partial charge in [-0.1, -0.05) is 12.1 Å². The Labute approximate surface area is 132 Å². The molecule has 1 unspecified atom stereocenters. The average molecular weight is 349 g/mol. The molecule has 2 aromatic rings. The fourth-order valence-corrected chi connectivity index (χ4v) is 2.62. The number of aromatic nitrogens is 1. The molecule has 0 saturated heterocycles. The number of phenolic OH excluding ortho intramolecular Hbond substituents is 1. The van der Waals surface area contributed by atoms with Crippen LogP contribution < -0.4 is 0 Å². The largest absolute Gasteiger partial charge is 0.508 e. The van der Waals surface area contributed by atoms with Gasteiger partial charge in [0.25, 0.3) is 5.91 Å². The molecule has 0 radical (unpaired) electrons. The molecule has 0 bridgehead atoms. The topological polar surface area (TPSA) is 53.4 Å². The first-order valence-electron chi connectivity index (χ1n) is 6.74. The van der Waals surface area contributed by atoms with Gasteiger partial charge < -0.3 is 10.0 Å². The van der Waals surface area contributed by atoms with Crippen molar-refractivity contribution in [2.45, 2.75) is 19.9 Å². The van der Waals surface area contributed by atoms with Crippen LogP contribution in [0.2, 0.25) is 0 Å². The monoisotopic (exact) mass is 348 g/mol. The quantitative estimate of drug-likeness (QED) is 0.855. The molecule has 21 heavy (non-hydrogen) atoms. The molecular weight excluding hydrogens is 332 g/mol. The van der Waals surface area contributed by atoms with Gasteiger partial charge in [-0.15, -0.1) is 0 Å². The maximum Gasteiger partial charge on any atom is 0.254 e. The maximum absolute atomic E-state index is 12.6. The molecule has 0 aliphatic rings. The predicted octanol–water partition coefficient (Wildman–Crippen LogP) is 3.77. The number of hydrogen-bond acceptors (Lipinski definition) is 3. The normalized spacial score (nSPS) is 12.0. The van der Waals surface area contributed by atoms with E-state index in [1.54, 1.807) is 41.4 Å². The molecule has 1 amide bonds. The number of carbonyl (C=O) groups excluding carboxylic acids is 1.